The highest BCUT2D eigenvalue weighted by Gasteiger charge is 2.06. The van der Waals surface area contributed by atoms with Crippen LogP contribution < -0.4 is 5.32 Å². The molecule has 18 heavy (non-hydrogen) atoms. The molecule has 3 nitrogen and oxygen atoms in total. The zero-order valence-electron chi connectivity index (χ0n) is 10.0. The van der Waals surface area contributed by atoms with Gasteiger partial charge in [-0.3, -0.25) is 0 Å². The fraction of sp³-hybridized carbons (Fsp3) is 0.500. The Hall–Kier alpha value is -0.850. The lowest BCUT2D eigenvalue weighted by Crippen LogP contribution is -2.18. The Morgan fingerprint density at radius 2 is 2.22 bits per heavy atom. The van der Waals surface area contributed by atoms with Crippen LogP contribution in [0.2, 0.25) is 0 Å². The van der Waals surface area contributed by atoms with Crippen LogP contribution in [0.4, 0.5) is 8.78 Å². The van der Waals surface area contributed by atoms with Gasteiger partial charge in [0.25, 0.3) is 5.76 Å². The SMILES string of the molecule is C=CCOCCNCc1ccc(CSC(F)F)o1. The Kier molecular flexibility index (Phi) is 7.71. The van der Waals surface area contributed by atoms with E-state index in [-0.39, 0.29) is 5.75 Å². The van der Waals surface area contributed by atoms with Crippen molar-refractivity contribution < 1.29 is 17.9 Å². The van der Waals surface area contributed by atoms with Crippen molar-refractivity contribution in [2.75, 3.05) is 19.8 Å². The molecule has 0 aliphatic carbocycles. The molecule has 0 amide bonds. The zero-order chi connectivity index (χ0) is 13.2. The summed E-state index contributed by atoms with van der Waals surface area (Å²) in [5.74, 6) is -0.859. The highest BCUT2D eigenvalue weighted by molar-refractivity contribution is 7.98. The summed E-state index contributed by atoms with van der Waals surface area (Å²) in [4.78, 5) is 0. The van der Waals surface area contributed by atoms with E-state index in [1.54, 1.807) is 18.2 Å². The van der Waals surface area contributed by atoms with Crippen LogP contribution in [-0.4, -0.2) is 25.5 Å². The van der Waals surface area contributed by atoms with E-state index in [1.807, 2.05) is 0 Å². The number of thioether (sulfide) groups is 1. The van der Waals surface area contributed by atoms with Gasteiger partial charge in [-0.05, 0) is 12.1 Å². The molecule has 0 saturated carbocycles. The predicted molar refractivity (Wildman–Crippen MR) is 68.7 cm³/mol. The third-order valence-electron chi connectivity index (χ3n) is 2.03. The standard InChI is InChI=1S/C12H17F2NO2S/c1-2-6-16-7-5-15-8-10-3-4-11(17-10)9-18-12(13)14/h2-4,12,15H,1,5-9H2. The van der Waals surface area contributed by atoms with Crippen molar-refractivity contribution in [1.82, 2.24) is 5.32 Å². The fourth-order valence-corrected chi connectivity index (χ4v) is 1.71. The van der Waals surface area contributed by atoms with Crippen LogP contribution in [0.25, 0.3) is 0 Å². The van der Waals surface area contributed by atoms with Crippen molar-refractivity contribution in [3.63, 3.8) is 0 Å². The van der Waals surface area contributed by atoms with Crippen molar-refractivity contribution in [2.45, 2.75) is 18.1 Å². The Balaban J connectivity index is 2.13. The minimum Gasteiger partial charge on any atom is -0.464 e. The van der Waals surface area contributed by atoms with Crippen LogP contribution in [0, 0.1) is 0 Å². The number of hydrogen-bond acceptors (Lipinski definition) is 4. The number of ether oxygens (including phenoxy) is 1. The van der Waals surface area contributed by atoms with Gasteiger partial charge in [-0.1, -0.05) is 17.8 Å². The molecule has 0 aromatic carbocycles. The molecule has 1 N–H and O–H groups in total. The molecule has 1 rings (SSSR count). The minimum absolute atomic E-state index is 0.195. The lowest BCUT2D eigenvalue weighted by molar-refractivity contribution is 0.163. The van der Waals surface area contributed by atoms with E-state index in [2.05, 4.69) is 11.9 Å². The van der Waals surface area contributed by atoms with Gasteiger partial charge in [-0.2, -0.15) is 8.78 Å². The third kappa shape index (κ3) is 6.78. The van der Waals surface area contributed by atoms with Crippen molar-refractivity contribution in [3.05, 3.63) is 36.3 Å². The van der Waals surface area contributed by atoms with Gasteiger partial charge < -0.3 is 14.5 Å². The molecule has 1 aromatic rings. The van der Waals surface area contributed by atoms with Gasteiger partial charge in [-0.15, -0.1) is 6.58 Å². The monoisotopic (exact) mass is 277 g/mol. The van der Waals surface area contributed by atoms with Crippen molar-refractivity contribution in [1.29, 1.82) is 0 Å². The molecule has 0 fully saturated rings. The minimum atomic E-state index is -2.36. The van der Waals surface area contributed by atoms with Gasteiger partial charge in [0.05, 0.1) is 25.5 Å². The summed E-state index contributed by atoms with van der Waals surface area (Å²) < 4.78 is 34.5. The zero-order valence-corrected chi connectivity index (χ0v) is 10.8. The van der Waals surface area contributed by atoms with E-state index in [1.165, 1.54) is 0 Å². The van der Waals surface area contributed by atoms with E-state index in [4.69, 9.17) is 9.15 Å². The van der Waals surface area contributed by atoms with Crippen molar-refractivity contribution in [2.24, 2.45) is 0 Å². The lowest BCUT2D eigenvalue weighted by Gasteiger charge is -2.02. The van der Waals surface area contributed by atoms with Crippen LogP contribution in [-0.2, 0) is 17.0 Å². The second kappa shape index (κ2) is 9.13. The first kappa shape index (κ1) is 15.2. The summed E-state index contributed by atoms with van der Waals surface area (Å²) in [6, 6.07) is 3.51. The van der Waals surface area contributed by atoms with E-state index in [0.717, 1.165) is 5.76 Å². The number of halogens is 2. The quantitative estimate of drug-likeness (QED) is 0.526. The first-order chi connectivity index (χ1) is 8.72. The highest BCUT2D eigenvalue weighted by atomic mass is 32.2. The molecule has 102 valence electrons. The molecule has 0 spiro atoms. The molecule has 0 saturated heterocycles. The summed E-state index contributed by atoms with van der Waals surface area (Å²) >= 11 is 0.558. The second-order valence-corrected chi connectivity index (χ2v) is 4.46. The normalized spacial score (nSPS) is 11.1. The fourth-order valence-electron chi connectivity index (χ4n) is 1.26. The maximum atomic E-state index is 12.0. The van der Waals surface area contributed by atoms with E-state index in [0.29, 0.717) is 43.8 Å². The molecular weight excluding hydrogens is 260 g/mol. The number of hydrogen-bond donors (Lipinski definition) is 1. The molecule has 6 heteroatoms. The van der Waals surface area contributed by atoms with Gasteiger partial charge in [0.1, 0.15) is 11.5 Å². The van der Waals surface area contributed by atoms with Crippen LogP contribution in [0.5, 0.6) is 0 Å². The Morgan fingerprint density at radius 3 is 2.94 bits per heavy atom. The van der Waals surface area contributed by atoms with Gasteiger partial charge >= 0.3 is 0 Å². The lowest BCUT2D eigenvalue weighted by atomic mass is 10.4. The maximum Gasteiger partial charge on any atom is 0.284 e. The number of rotatable bonds is 10. The van der Waals surface area contributed by atoms with Crippen LogP contribution in [0.1, 0.15) is 11.5 Å². The molecule has 1 aromatic heterocycles. The molecule has 0 aliphatic rings. The molecular formula is C12H17F2NO2S. The first-order valence-corrected chi connectivity index (χ1v) is 6.64. The average molecular weight is 277 g/mol. The summed E-state index contributed by atoms with van der Waals surface area (Å²) in [5, 5.41) is 3.13. The molecule has 0 unspecified atom stereocenters. The van der Waals surface area contributed by atoms with E-state index < -0.39 is 5.76 Å². The largest absolute Gasteiger partial charge is 0.464 e. The Bertz CT molecular complexity index is 345. The van der Waals surface area contributed by atoms with E-state index >= 15 is 0 Å². The molecule has 0 atom stereocenters. The van der Waals surface area contributed by atoms with Gasteiger partial charge in [0.15, 0.2) is 0 Å². The van der Waals surface area contributed by atoms with Crippen LogP contribution in [0.15, 0.2) is 29.2 Å². The Labute approximate surface area is 110 Å². The van der Waals surface area contributed by atoms with Crippen molar-refractivity contribution in [3.8, 4) is 0 Å². The van der Waals surface area contributed by atoms with E-state index in [9.17, 15) is 8.78 Å². The molecule has 0 aliphatic heterocycles. The summed E-state index contributed by atoms with van der Waals surface area (Å²) in [5.41, 5.74) is 0. The smallest absolute Gasteiger partial charge is 0.284 e. The van der Waals surface area contributed by atoms with Crippen molar-refractivity contribution >= 4 is 11.8 Å². The van der Waals surface area contributed by atoms with Gasteiger partial charge in [0.2, 0.25) is 0 Å². The molecule has 0 radical (unpaired) electrons. The summed E-state index contributed by atoms with van der Waals surface area (Å²) in [7, 11) is 0. The first-order valence-electron chi connectivity index (χ1n) is 5.59. The molecule has 1 heterocycles. The highest BCUT2D eigenvalue weighted by Crippen LogP contribution is 2.21. The van der Waals surface area contributed by atoms with Gasteiger partial charge in [-0.25, -0.2) is 0 Å². The summed E-state index contributed by atoms with van der Waals surface area (Å²) in [6.07, 6.45) is 1.69. The second-order valence-electron chi connectivity index (χ2n) is 3.48. The third-order valence-corrected chi connectivity index (χ3v) is 2.73. The summed E-state index contributed by atoms with van der Waals surface area (Å²) in [6.45, 7) is 5.95. The topological polar surface area (TPSA) is 34.4 Å². The van der Waals surface area contributed by atoms with Crippen LogP contribution >= 0.6 is 11.8 Å². The number of alkyl halides is 2. The van der Waals surface area contributed by atoms with Gasteiger partial charge in [0, 0.05) is 6.54 Å². The maximum absolute atomic E-state index is 12.0. The Morgan fingerprint density at radius 1 is 1.44 bits per heavy atom. The number of nitrogens with one attached hydrogen (secondary N) is 1. The average Bonchev–Trinajstić information content (AvgIpc) is 2.79. The predicted octanol–water partition coefficient (Wildman–Crippen LogP) is 3.03. The molecule has 0 bridgehead atoms. The number of furan rings is 1. The van der Waals surface area contributed by atoms with Crippen LogP contribution in [0.3, 0.4) is 0 Å².